The first-order valence-corrected chi connectivity index (χ1v) is 7.19. The maximum Gasteiger partial charge on any atom is 0.0893 e. The fourth-order valence-corrected chi connectivity index (χ4v) is 5.36. The zero-order chi connectivity index (χ0) is 12.5. The van der Waals surface area contributed by atoms with Crippen LogP contribution >= 0.6 is 0 Å². The van der Waals surface area contributed by atoms with E-state index in [0.717, 1.165) is 11.8 Å². The maximum atomic E-state index is 6.23. The molecule has 2 aliphatic carbocycles. The van der Waals surface area contributed by atoms with E-state index in [1.54, 1.807) is 0 Å². The molecule has 3 fully saturated rings. The Hall–Kier alpha value is -0.0800. The number of fused-ring (bicyclic) bond motifs is 1. The first-order valence-electron chi connectivity index (χ1n) is 7.19. The maximum absolute atomic E-state index is 6.23. The molecule has 17 heavy (non-hydrogen) atoms. The topological polar surface area (TPSA) is 12.5 Å². The average Bonchev–Trinajstić information content (AvgIpc) is 2.31. The van der Waals surface area contributed by atoms with Gasteiger partial charge in [-0.25, -0.2) is 0 Å². The van der Waals surface area contributed by atoms with Gasteiger partial charge in [0.2, 0.25) is 0 Å². The first kappa shape index (κ1) is 12.0. The molecule has 4 unspecified atom stereocenters. The fourth-order valence-electron chi connectivity index (χ4n) is 5.36. The molecule has 3 rings (SSSR count). The Morgan fingerprint density at radius 3 is 2.59 bits per heavy atom. The van der Waals surface area contributed by atoms with Crippen LogP contribution in [-0.2, 0) is 4.84 Å². The minimum absolute atomic E-state index is 0.109. The largest absolute Gasteiger partial charge is 0.292 e. The van der Waals surface area contributed by atoms with Crippen molar-refractivity contribution in [1.82, 2.24) is 5.06 Å². The Morgan fingerprint density at radius 1 is 1.18 bits per heavy atom. The second kappa shape index (κ2) is 3.27. The predicted octanol–water partition coefficient (Wildman–Crippen LogP) is 3.62. The van der Waals surface area contributed by atoms with E-state index in [-0.39, 0.29) is 5.60 Å². The SMILES string of the molecule is CC1CC2(C)CC3(CC(C)(C)CCC13)N(C)O2. The Bertz CT molecular complexity index is 340. The molecule has 1 heterocycles. The van der Waals surface area contributed by atoms with Gasteiger partial charge in [0.25, 0.3) is 0 Å². The number of rotatable bonds is 0. The summed E-state index contributed by atoms with van der Waals surface area (Å²) in [5, 5.41) is 2.25. The van der Waals surface area contributed by atoms with Gasteiger partial charge in [-0.15, -0.1) is 0 Å². The van der Waals surface area contributed by atoms with Crippen molar-refractivity contribution < 1.29 is 4.84 Å². The molecule has 1 saturated heterocycles. The Balaban J connectivity index is 2.00. The molecule has 0 aromatic carbocycles. The Labute approximate surface area is 106 Å². The molecule has 1 aliphatic heterocycles. The number of hydrogen-bond acceptors (Lipinski definition) is 2. The van der Waals surface area contributed by atoms with E-state index < -0.39 is 0 Å². The highest BCUT2D eigenvalue weighted by molar-refractivity contribution is 5.12. The van der Waals surface area contributed by atoms with Gasteiger partial charge in [-0.2, -0.15) is 5.06 Å². The average molecular weight is 237 g/mol. The highest BCUT2D eigenvalue weighted by Crippen LogP contribution is 2.61. The molecule has 0 radical (unpaired) electrons. The van der Waals surface area contributed by atoms with Crippen LogP contribution in [0.25, 0.3) is 0 Å². The molecular weight excluding hydrogens is 210 g/mol. The number of hydrogen-bond donors (Lipinski definition) is 0. The van der Waals surface area contributed by atoms with E-state index >= 15 is 0 Å². The number of nitrogens with zero attached hydrogens (tertiary/aromatic N) is 1. The van der Waals surface area contributed by atoms with E-state index in [1.165, 1.54) is 32.1 Å². The van der Waals surface area contributed by atoms with Crippen LogP contribution in [0.3, 0.4) is 0 Å². The molecule has 2 saturated carbocycles. The highest BCUT2D eigenvalue weighted by atomic mass is 16.7. The summed E-state index contributed by atoms with van der Waals surface area (Å²) in [6, 6.07) is 0. The van der Waals surface area contributed by atoms with Crippen molar-refractivity contribution in [2.24, 2.45) is 17.3 Å². The normalized spacial score (nSPS) is 53.5. The zero-order valence-corrected chi connectivity index (χ0v) is 12.0. The summed E-state index contributed by atoms with van der Waals surface area (Å²) in [5.41, 5.74) is 0.919. The summed E-state index contributed by atoms with van der Waals surface area (Å²) in [5.74, 6) is 1.66. The van der Waals surface area contributed by atoms with Gasteiger partial charge in [0.1, 0.15) is 0 Å². The lowest BCUT2D eigenvalue weighted by atomic mass is 9.53. The third-order valence-corrected chi connectivity index (χ3v) is 5.71. The summed E-state index contributed by atoms with van der Waals surface area (Å²) < 4.78 is 0. The molecule has 4 atom stereocenters. The molecule has 0 N–H and O–H groups in total. The van der Waals surface area contributed by atoms with Crippen LogP contribution < -0.4 is 0 Å². The van der Waals surface area contributed by atoms with Gasteiger partial charge in [-0.1, -0.05) is 20.8 Å². The van der Waals surface area contributed by atoms with E-state index in [0.29, 0.717) is 11.0 Å². The molecule has 2 heteroatoms. The third-order valence-electron chi connectivity index (χ3n) is 5.71. The fraction of sp³-hybridized carbons (Fsp3) is 1.00. The van der Waals surface area contributed by atoms with Crippen LogP contribution in [0.15, 0.2) is 0 Å². The minimum Gasteiger partial charge on any atom is -0.292 e. The quantitative estimate of drug-likeness (QED) is 0.638. The summed E-state index contributed by atoms with van der Waals surface area (Å²) in [6.45, 7) is 9.62. The molecule has 0 aromatic heterocycles. The van der Waals surface area contributed by atoms with Gasteiger partial charge in [0.05, 0.1) is 11.1 Å². The van der Waals surface area contributed by atoms with Crippen molar-refractivity contribution in [3.8, 4) is 0 Å². The molecule has 3 aliphatic rings. The van der Waals surface area contributed by atoms with Crippen molar-refractivity contribution >= 4 is 0 Å². The van der Waals surface area contributed by atoms with Crippen LogP contribution in [-0.4, -0.2) is 23.3 Å². The molecule has 0 aromatic rings. The van der Waals surface area contributed by atoms with Gasteiger partial charge >= 0.3 is 0 Å². The monoisotopic (exact) mass is 237 g/mol. The molecule has 2 nitrogen and oxygen atoms in total. The van der Waals surface area contributed by atoms with Gasteiger partial charge in [-0.3, -0.25) is 4.84 Å². The van der Waals surface area contributed by atoms with E-state index in [1.807, 2.05) is 0 Å². The van der Waals surface area contributed by atoms with Crippen LogP contribution in [0.5, 0.6) is 0 Å². The van der Waals surface area contributed by atoms with Gasteiger partial charge in [-0.05, 0) is 56.3 Å². The van der Waals surface area contributed by atoms with E-state index in [4.69, 9.17) is 4.84 Å². The predicted molar refractivity (Wildman–Crippen MR) is 69.5 cm³/mol. The molecule has 0 amide bonds. The second-order valence-corrected chi connectivity index (χ2v) is 7.99. The minimum atomic E-state index is 0.109. The van der Waals surface area contributed by atoms with Crippen molar-refractivity contribution in [2.75, 3.05) is 7.05 Å². The van der Waals surface area contributed by atoms with Crippen LogP contribution in [0.2, 0.25) is 0 Å². The second-order valence-electron chi connectivity index (χ2n) is 7.99. The van der Waals surface area contributed by atoms with Crippen molar-refractivity contribution in [2.45, 2.75) is 70.9 Å². The summed E-state index contributed by atoms with van der Waals surface area (Å²) >= 11 is 0. The van der Waals surface area contributed by atoms with Crippen LogP contribution in [0.1, 0.15) is 59.8 Å². The lowest BCUT2D eigenvalue weighted by Crippen LogP contribution is -2.56. The van der Waals surface area contributed by atoms with E-state index in [2.05, 4.69) is 39.8 Å². The molecule has 1 spiro atoms. The molecular formula is C15H27NO. The van der Waals surface area contributed by atoms with Crippen LogP contribution in [0, 0.1) is 17.3 Å². The van der Waals surface area contributed by atoms with E-state index in [9.17, 15) is 0 Å². The number of hydroxylamine groups is 2. The van der Waals surface area contributed by atoms with Gasteiger partial charge in [0.15, 0.2) is 0 Å². The Morgan fingerprint density at radius 2 is 1.88 bits per heavy atom. The van der Waals surface area contributed by atoms with Gasteiger partial charge < -0.3 is 0 Å². The van der Waals surface area contributed by atoms with Gasteiger partial charge in [0, 0.05) is 7.05 Å². The standard InChI is InChI=1S/C15H27NO/c1-11-8-14(4)10-15(16(5)17-14)9-13(2,3)7-6-12(11)15/h11-12H,6-10H2,1-5H3. The smallest absolute Gasteiger partial charge is 0.0893 e. The zero-order valence-electron chi connectivity index (χ0n) is 12.0. The Kier molecular flexibility index (Phi) is 2.30. The summed E-state index contributed by atoms with van der Waals surface area (Å²) in [4.78, 5) is 6.23. The molecule has 2 bridgehead atoms. The van der Waals surface area contributed by atoms with Crippen molar-refractivity contribution in [3.05, 3.63) is 0 Å². The molecule has 98 valence electrons. The first-order chi connectivity index (χ1) is 7.77. The van der Waals surface area contributed by atoms with Crippen LogP contribution in [0.4, 0.5) is 0 Å². The lowest BCUT2D eigenvalue weighted by molar-refractivity contribution is -0.207. The van der Waals surface area contributed by atoms with Crippen molar-refractivity contribution in [1.29, 1.82) is 0 Å². The lowest BCUT2D eigenvalue weighted by Gasteiger charge is -2.54. The summed E-state index contributed by atoms with van der Waals surface area (Å²) in [6.07, 6.45) is 6.56. The highest BCUT2D eigenvalue weighted by Gasteiger charge is 2.63. The van der Waals surface area contributed by atoms with Crippen molar-refractivity contribution in [3.63, 3.8) is 0 Å². The summed E-state index contributed by atoms with van der Waals surface area (Å²) in [7, 11) is 2.18. The third kappa shape index (κ3) is 1.60.